The van der Waals surface area contributed by atoms with Crippen LogP contribution in [-0.2, 0) is 21.4 Å². The van der Waals surface area contributed by atoms with Crippen molar-refractivity contribution in [1.82, 2.24) is 4.90 Å². The first kappa shape index (κ1) is 23.8. The number of carbonyl (C=O) groups excluding carboxylic acids is 1. The fraction of sp³-hybridized carbons (Fsp3) is 0.240. The molecular formula is C25H23F2NO5S. The van der Waals surface area contributed by atoms with Crippen molar-refractivity contribution in [3.63, 3.8) is 0 Å². The highest BCUT2D eigenvalue weighted by Gasteiger charge is 2.27. The van der Waals surface area contributed by atoms with Gasteiger partial charge in [-0.2, -0.15) is 8.42 Å². The Kier molecular flexibility index (Phi) is 7.23. The van der Waals surface area contributed by atoms with Crippen molar-refractivity contribution in [2.45, 2.75) is 30.4 Å². The average molecular weight is 488 g/mol. The summed E-state index contributed by atoms with van der Waals surface area (Å²) in [5, 5.41) is 0. The predicted molar refractivity (Wildman–Crippen MR) is 121 cm³/mol. The molecule has 0 N–H and O–H groups in total. The van der Waals surface area contributed by atoms with Crippen LogP contribution in [0.4, 0.5) is 8.78 Å². The number of nitrogens with zero attached hydrogens (tertiary/aromatic N) is 1. The topological polar surface area (TPSA) is 72.9 Å². The summed E-state index contributed by atoms with van der Waals surface area (Å²) in [4.78, 5) is 14.5. The van der Waals surface area contributed by atoms with E-state index in [1.807, 2.05) is 0 Å². The first-order chi connectivity index (χ1) is 16.3. The minimum Gasteiger partial charge on any atom is -0.379 e. The van der Waals surface area contributed by atoms with E-state index in [-0.39, 0.29) is 35.4 Å². The van der Waals surface area contributed by atoms with E-state index in [4.69, 9.17) is 8.92 Å². The van der Waals surface area contributed by atoms with Crippen LogP contribution in [0.1, 0.15) is 28.8 Å². The predicted octanol–water partition coefficient (Wildman–Crippen LogP) is 4.55. The second-order valence-corrected chi connectivity index (χ2v) is 9.45. The van der Waals surface area contributed by atoms with Crippen molar-refractivity contribution in [3.8, 4) is 5.75 Å². The van der Waals surface area contributed by atoms with E-state index in [2.05, 4.69) is 0 Å². The maximum Gasteiger partial charge on any atom is 0.339 e. The zero-order chi connectivity index (χ0) is 24.1. The number of rotatable bonds is 8. The van der Waals surface area contributed by atoms with Gasteiger partial charge in [0, 0.05) is 25.3 Å². The molecule has 0 spiro atoms. The summed E-state index contributed by atoms with van der Waals surface area (Å²) in [5.41, 5.74) is 0.328. The molecule has 1 saturated heterocycles. The van der Waals surface area contributed by atoms with Crippen LogP contribution < -0.4 is 4.18 Å². The maximum atomic E-state index is 14.4. The SMILES string of the molecule is O=C(c1ccccc1F)N(Cc1ccccc1OS(=O)(=O)c1ccc(F)cc1)C[C@@H]1CCCO1. The Morgan fingerprint density at radius 2 is 1.71 bits per heavy atom. The van der Waals surface area contributed by atoms with Gasteiger partial charge in [-0.1, -0.05) is 30.3 Å². The smallest absolute Gasteiger partial charge is 0.339 e. The lowest BCUT2D eigenvalue weighted by atomic mass is 10.1. The Morgan fingerprint density at radius 1 is 1.00 bits per heavy atom. The third-order valence-electron chi connectivity index (χ3n) is 5.48. The second kappa shape index (κ2) is 10.3. The number of hydrogen-bond acceptors (Lipinski definition) is 5. The lowest BCUT2D eigenvalue weighted by Gasteiger charge is -2.26. The molecule has 4 rings (SSSR count). The highest BCUT2D eigenvalue weighted by atomic mass is 32.2. The van der Waals surface area contributed by atoms with Gasteiger partial charge >= 0.3 is 10.1 Å². The highest BCUT2D eigenvalue weighted by molar-refractivity contribution is 7.87. The van der Waals surface area contributed by atoms with Crippen molar-refractivity contribution in [1.29, 1.82) is 0 Å². The van der Waals surface area contributed by atoms with Crippen molar-refractivity contribution >= 4 is 16.0 Å². The first-order valence-electron chi connectivity index (χ1n) is 10.8. The molecule has 1 amide bonds. The normalized spacial score (nSPS) is 15.8. The molecule has 1 aliphatic rings. The van der Waals surface area contributed by atoms with Gasteiger partial charge in [-0.15, -0.1) is 0 Å². The van der Waals surface area contributed by atoms with E-state index >= 15 is 0 Å². The highest BCUT2D eigenvalue weighted by Crippen LogP contribution is 2.26. The molecule has 178 valence electrons. The fourth-order valence-electron chi connectivity index (χ4n) is 3.75. The summed E-state index contributed by atoms with van der Waals surface area (Å²) >= 11 is 0. The molecule has 1 fully saturated rings. The number of carbonyl (C=O) groups is 1. The van der Waals surface area contributed by atoms with Crippen LogP contribution >= 0.6 is 0 Å². The molecule has 6 nitrogen and oxygen atoms in total. The van der Waals surface area contributed by atoms with Gasteiger partial charge in [0.15, 0.2) is 0 Å². The Hall–Kier alpha value is -3.30. The summed E-state index contributed by atoms with van der Waals surface area (Å²) < 4.78 is 64.1. The van der Waals surface area contributed by atoms with Crippen molar-refractivity contribution in [2.75, 3.05) is 13.2 Å². The van der Waals surface area contributed by atoms with E-state index in [1.54, 1.807) is 24.3 Å². The van der Waals surface area contributed by atoms with E-state index in [1.165, 1.54) is 29.2 Å². The molecule has 0 aliphatic carbocycles. The number of para-hydroxylation sites is 1. The average Bonchev–Trinajstić information content (AvgIpc) is 3.33. The molecule has 0 saturated carbocycles. The molecule has 1 atom stereocenters. The van der Waals surface area contributed by atoms with Gasteiger partial charge < -0.3 is 13.8 Å². The van der Waals surface area contributed by atoms with Gasteiger partial charge in [-0.3, -0.25) is 4.79 Å². The lowest BCUT2D eigenvalue weighted by molar-refractivity contribution is 0.0503. The van der Waals surface area contributed by atoms with Crippen molar-refractivity contribution < 1.29 is 30.9 Å². The van der Waals surface area contributed by atoms with Crippen LogP contribution in [0.15, 0.2) is 77.7 Å². The lowest BCUT2D eigenvalue weighted by Crippen LogP contribution is -2.37. The van der Waals surface area contributed by atoms with E-state index in [0.717, 1.165) is 37.1 Å². The van der Waals surface area contributed by atoms with Gasteiger partial charge in [0.05, 0.1) is 11.7 Å². The monoisotopic (exact) mass is 487 g/mol. The molecule has 3 aromatic rings. The first-order valence-corrected chi connectivity index (χ1v) is 12.2. The number of benzene rings is 3. The minimum atomic E-state index is -4.24. The Balaban J connectivity index is 1.62. The zero-order valence-electron chi connectivity index (χ0n) is 18.2. The fourth-order valence-corrected chi connectivity index (χ4v) is 4.71. The third-order valence-corrected chi connectivity index (χ3v) is 6.72. The second-order valence-electron chi connectivity index (χ2n) is 7.90. The van der Waals surface area contributed by atoms with E-state index in [9.17, 15) is 22.0 Å². The molecule has 0 unspecified atom stereocenters. The van der Waals surface area contributed by atoms with Crippen LogP contribution in [0.25, 0.3) is 0 Å². The quantitative estimate of drug-likeness (QED) is 0.436. The summed E-state index contributed by atoms with van der Waals surface area (Å²) in [6.45, 7) is 0.774. The van der Waals surface area contributed by atoms with Crippen LogP contribution in [-0.4, -0.2) is 38.5 Å². The zero-order valence-corrected chi connectivity index (χ0v) is 19.0. The molecule has 1 heterocycles. The van der Waals surface area contributed by atoms with Crippen LogP contribution in [0.3, 0.4) is 0 Å². The van der Waals surface area contributed by atoms with Crippen molar-refractivity contribution in [2.24, 2.45) is 0 Å². The van der Waals surface area contributed by atoms with E-state index < -0.39 is 27.7 Å². The summed E-state index contributed by atoms with van der Waals surface area (Å²) in [5.74, 6) is -1.74. The van der Waals surface area contributed by atoms with Gasteiger partial charge in [-0.05, 0) is 55.3 Å². The number of hydrogen-bond donors (Lipinski definition) is 0. The van der Waals surface area contributed by atoms with Gasteiger partial charge in [0.1, 0.15) is 22.3 Å². The van der Waals surface area contributed by atoms with E-state index in [0.29, 0.717) is 12.2 Å². The summed E-state index contributed by atoms with van der Waals surface area (Å²) in [6, 6.07) is 16.3. The van der Waals surface area contributed by atoms with Crippen LogP contribution in [0.5, 0.6) is 5.75 Å². The molecule has 3 aromatic carbocycles. The molecular weight excluding hydrogens is 464 g/mol. The molecule has 0 bridgehead atoms. The largest absolute Gasteiger partial charge is 0.379 e. The van der Waals surface area contributed by atoms with Gasteiger partial charge in [0.25, 0.3) is 5.91 Å². The number of amides is 1. The summed E-state index contributed by atoms with van der Waals surface area (Å²) in [6.07, 6.45) is 1.42. The van der Waals surface area contributed by atoms with Crippen molar-refractivity contribution in [3.05, 3.63) is 95.6 Å². The molecule has 0 radical (unpaired) electrons. The molecule has 1 aliphatic heterocycles. The molecule has 0 aromatic heterocycles. The third kappa shape index (κ3) is 5.60. The Morgan fingerprint density at radius 3 is 2.41 bits per heavy atom. The maximum absolute atomic E-state index is 14.4. The Bertz CT molecular complexity index is 1260. The van der Waals surface area contributed by atoms with Crippen LogP contribution in [0, 0.1) is 11.6 Å². The molecule has 9 heteroatoms. The summed E-state index contributed by atoms with van der Waals surface area (Å²) in [7, 11) is -4.24. The minimum absolute atomic E-state index is 0.0190. The number of halogens is 2. The molecule has 34 heavy (non-hydrogen) atoms. The Labute approximate surface area is 196 Å². The van der Waals surface area contributed by atoms with Crippen LogP contribution in [0.2, 0.25) is 0 Å². The standard InChI is InChI=1S/C25H23F2NO5S/c26-19-11-13-21(14-12-19)34(30,31)33-24-10-4-1-6-18(24)16-28(17-20-7-5-15-32-20)25(29)22-8-2-3-9-23(22)27/h1-4,6,8-14,20H,5,7,15-17H2/t20-/m0/s1. The van der Waals surface area contributed by atoms with Gasteiger partial charge in [-0.25, -0.2) is 8.78 Å². The van der Waals surface area contributed by atoms with Gasteiger partial charge in [0.2, 0.25) is 0 Å². The number of ether oxygens (including phenoxy) is 1.